The minimum absolute atomic E-state index is 0.114. The van der Waals surface area contributed by atoms with Crippen LogP contribution in [0.4, 0.5) is 5.95 Å². The van der Waals surface area contributed by atoms with Gasteiger partial charge >= 0.3 is 0 Å². The molecular weight excluding hydrogens is 472 g/mol. The van der Waals surface area contributed by atoms with Crippen molar-refractivity contribution >= 4 is 28.2 Å². The van der Waals surface area contributed by atoms with Crippen LogP contribution < -0.4 is 10.1 Å². The zero-order chi connectivity index (χ0) is 25.1. The van der Waals surface area contributed by atoms with E-state index in [-0.39, 0.29) is 11.9 Å². The van der Waals surface area contributed by atoms with Gasteiger partial charge in [-0.2, -0.15) is 0 Å². The van der Waals surface area contributed by atoms with Crippen molar-refractivity contribution in [2.45, 2.75) is 45.6 Å². The molecule has 4 heterocycles. The minimum Gasteiger partial charge on any atom is -0.497 e. The molecule has 4 aromatic rings. The average Bonchev–Trinajstić information content (AvgIpc) is 3.38. The monoisotopic (exact) mass is 504 g/mol. The third kappa shape index (κ3) is 5.21. The number of nitrogens with one attached hydrogen (secondary N) is 1. The first-order valence-corrected chi connectivity index (χ1v) is 13.4. The molecular formula is C27H32N6O2S. The van der Waals surface area contributed by atoms with Gasteiger partial charge in [-0.25, -0.2) is 15.0 Å². The van der Waals surface area contributed by atoms with Crippen LogP contribution in [0.15, 0.2) is 48.1 Å². The van der Waals surface area contributed by atoms with Gasteiger partial charge in [0.2, 0.25) is 11.9 Å². The lowest BCUT2D eigenvalue weighted by Gasteiger charge is -2.26. The summed E-state index contributed by atoms with van der Waals surface area (Å²) < 4.78 is 7.52. The Morgan fingerprint density at radius 3 is 2.97 bits per heavy atom. The summed E-state index contributed by atoms with van der Waals surface area (Å²) in [4.78, 5) is 30.0. The predicted octanol–water partition coefficient (Wildman–Crippen LogP) is 5.37. The first-order chi connectivity index (χ1) is 17.5. The number of carbonyl (C=O) groups excluding carboxylic acids is 1. The summed E-state index contributed by atoms with van der Waals surface area (Å²) in [7, 11) is 1.67. The van der Waals surface area contributed by atoms with Crippen LogP contribution >= 0.6 is 11.3 Å². The second kappa shape index (κ2) is 10.7. The van der Waals surface area contributed by atoms with Crippen LogP contribution in [0.25, 0.3) is 27.6 Å². The van der Waals surface area contributed by atoms with E-state index in [1.807, 2.05) is 46.8 Å². The molecule has 8 nitrogen and oxygen atoms in total. The largest absolute Gasteiger partial charge is 0.497 e. The Bertz CT molecular complexity index is 1350. The molecule has 5 rings (SSSR count). The normalized spacial score (nSPS) is 16.3. The van der Waals surface area contributed by atoms with Crippen molar-refractivity contribution in [2.24, 2.45) is 5.92 Å². The number of amides is 1. The number of hydrogen-bond acceptors (Lipinski definition) is 7. The number of fused-ring (bicyclic) bond motifs is 1. The Hall–Kier alpha value is -3.46. The van der Waals surface area contributed by atoms with Crippen LogP contribution in [0.5, 0.6) is 5.75 Å². The number of ether oxygens (including phenoxy) is 1. The second-order valence-electron chi connectivity index (χ2n) is 9.64. The molecule has 1 aliphatic heterocycles. The van der Waals surface area contributed by atoms with Crippen LogP contribution in [0.3, 0.4) is 0 Å². The van der Waals surface area contributed by atoms with Crippen LogP contribution in [0.2, 0.25) is 0 Å². The lowest BCUT2D eigenvalue weighted by Crippen LogP contribution is -2.39. The third-order valence-electron chi connectivity index (χ3n) is 6.44. The molecule has 0 aliphatic carbocycles. The van der Waals surface area contributed by atoms with E-state index in [9.17, 15) is 4.79 Å². The molecule has 1 aliphatic rings. The number of rotatable bonds is 7. The van der Waals surface area contributed by atoms with Gasteiger partial charge in [0.1, 0.15) is 11.4 Å². The predicted molar refractivity (Wildman–Crippen MR) is 143 cm³/mol. The highest BCUT2D eigenvalue weighted by atomic mass is 32.1. The van der Waals surface area contributed by atoms with Crippen molar-refractivity contribution < 1.29 is 9.53 Å². The minimum atomic E-state index is 0.114. The van der Waals surface area contributed by atoms with Gasteiger partial charge in [0, 0.05) is 48.9 Å². The van der Waals surface area contributed by atoms with E-state index in [1.54, 1.807) is 24.6 Å². The number of benzene rings is 1. The Labute approximate surface area is 215 Å². The van der Waals surface area contributed by atoms with E-state index < -0.39 is 0 Å². The van der Waals surface area contributed by atoms with Gasteiger partial charge in [0.25, 0.3) is 0 Å². The molecule has 36 heavy (non-hydrogen) atoms. The SMILES string of the molecule is COc1cccc(-c2nc3sccn3c2-c2ccnc(N[C@@H]3CCCCN(C(=O)CC(C)C)C3)n2)c1. The Kier molecular flexibility index (Phi) is 7.18. The Morgan fingerprint density at radius 2 is 2.14 bits per heavy atom. The fourth-order valence-electron chi connectivity index (χ4n) is 4.71. The van der Waals surface area contributed by atoms with Gasteiger partial charge in [-0.15, -0.1) is 11.3 Å². The lowest BCUT2D eigenvalue weighted by atomic mass is 10.1. The number of hydrogen-bond donors (Lipinski definition) is 1. The summed E-state index contributed by atoms with van der Waals surface area (Å²) in [5, 5.41) is 5.54. The smallest absolute Gasteiger partial charge is 0.223 e. The molecule has 0 radical (unpaired) electrons. The fraction of sp³-hybridized carbons (Fsp3) is 0.407. The number of likely N-dealkylation sites (tertiary alicyclic amines) is 1. The molecule has 0 bridgehead atoms. The average molecular weight is 505 g/mol. The molecule has 0 saturated carbocycles. The number of nitrogens with zero attached hydrogens (tertiary/aromatic N) is 5. The van der Waals surface area contributed by atoms with Crippen molar-refractivity contribution in [3.05, 3.63) is 48.1 Å². The van der Waals surface area contributed by atoms with E-state index >= 15 is 0 Å². The van der Waals surface area contributed by atoms with E-state index in [0.717, 1.165) is 59.2 Å². The number of aromatic nitrogens is 4. The quantitative estimate of drug-likeness (QED) is 0.364. The van der Waals surface area contributed by atoms with Gasteiger partial charge in [0.15, 0.2) is 4.96 Å². The third-order valence-corrected chi connectivity index (χ3v) is 7.20. The molecule has 1 amide bonds. The first-order valence-electron chi connectivity index (χ1n) is 12.5. The molecule has 9 heteroatoms. The standard InChI is InChI=1S/C27H32N6O2S/c1-18(2)15-23(34)32-12-5-4-8-20(17-32)29-26-28-11-10-22(30-26)25-24(31-27-33(25)13-14-36-27)19-7-6-9-21(16-19)35-3/h6-7,9-11,13-14,16,18,20H,4-5,8,12,15,17H2,1-3H3,(H,28,29,30)/t20-/m1/s1. The second-order valence-corrected chi connectivity index (χ2v) is 10.5. The van der Waals surface area contributed by atoms with Crippen molar-refractivity contribution in [1.82, 2.24) is 24.3 Å². The maximum Gasteiger partial charge on any atom is 0.223 e. The zero-order valence-corrected chi connectivity index (χ0v) is 21.8. The van der Waals surface area contributed by atoms with Gasteiger partial charge in [-0.05, 0) is 43.4 Å². The molecule has 0 unspecified atom stereocenters. The van der Waals surface area contributed by atoms with Gasteiger partial charge in [-0.3, -0.25) is 9.20 Å². The highest BCUT2D eigenvalue weighted by molar-refractivity contribution is 7.15. The number of anilines is 1. The first kappa shape index (κ1) is 24.2. The molecule has 1 N–H and O–H groups in total. The highest BCUT2D eigenvalue weighted by Gasteiger charge is 2.24. The summed E-state index contributed by atoms with van der Waals surface area (Å²) >= 11 is 1.59. The number of carbonyl (C=O) groups is 1. The molecule has 1 saturated heterocycles. The van der Waals surface area contributed by atoms with E-state index in [4.69, 9.17) is 14.7 Å². The van der Waals surface area contributed by atoms with E-state index in [0.29, 0.717) is 24.8 Å². The van der Waals surface area contributed by atoms with Gasteiger partial charge in [0.05, 0.1) is 18.5 Å². The van der Waals surface area contributed by atoms with E-state index in [2.05, 4.69) is 28.5 Å². The summed E-state index contributed by atoms with van der Waals surface area (Å²) in [6, 6.07) is 9.95. The maximum atomic E-state index is 12.7. The molecule has 188 valence electrons. The van der Waals surface area contributed by atoms with Crippen molar-refractivity contribution in [1.29, 1.82) is 0 Å². The summed E-state index contributed by atoms with van der Waals surface area (Å²) in [5.41, 5.74) is 3.53. The van der Waals surface area contributed by atoms with Crippen molar-refractivity contribution in [2.75, 3.05) is 25.5 Å². The molecule has 0 spiro atoms. The molecule has 3 aromatic heterocycles. The molecule has 1 atom stereocenters. The van der Waals surface area contributed by atoms with Crippen molar-refractivity contribution in [3.8, 4) is 28.4 Å². The van der Waals surface area contributed by atoms with Crippen LogP contribution in [-0.2, 0) is 4.79 Å². The molecule has 1 fully saturated rings. The Morgan fingerprint density at radius 1 is 1.25 bits per heavy atom. The highest BCUT2D eigenvalue weighted by Crippen LogP contribution is 2.35. The summed E-state index contributed by atoms with van der Waals surface area (Å²) in [6.45, 7) is 5.67. The van der Waals surface area contributed by atoms with Crippen LogP contribution in [-0.4, -0.2) is 56.4 Å². The van der Waals surface area contributed by atoms with E-state index in [1.165, 1.54) is 0 Å². The van der Waals surface area contributed by atoms with Gasteiger partial charge < -0.3 is 15.0 Å². The topological polar surface area (TPSA) is 84.7 Å². The number of imidazole rings is 1. The lowest BCUT2D eigenvalue weighted by molar-refractivity contribution is -0.132. The summed E-state index contributed by atoms with van der Waals surface area (Å²) in [6.07, 6.45) is 7.47. The number of thiazole rings is 1. The Balaban J connectivity index is 1.44. The molecule has 1 aromatic carbocycles. The summed E-state index contributed by atoms with van der Waals surface area (Å²) in [5.74, 6) is 1.94. The van der Waals surface area contributed by atoms with Crippen molar-refractivity contribution in [3.63, 3.8) is 0 Å². The van der Waals surface area contributed by atoms with Crippen LogP contribution in [0, 0.1) is 5.92 Å². The van der Waals surface area contributed by atoms with Gasteiger partial charge in [-0.1, -0.05) is 26.0 Å². The number of methoxy groups -OCH3 is 1. The van der Waals surface area contributed by atoms with Crippen LogP contribution in [0.1, 0.15) is 39.5 Å². The zero-order valence-electron chi connectivity index (χ0n) is 21.0. The maximum absolute atomic E-state index is 12.7. The fourth-order valence-corrected chi connectivity index (χ4v) is 5.42.